The Kier molecular flexibility index (Phi) is 3.55. The first kappa shape index (κ1) is 12.2. The van der Waals surface area contributed by atoms with Crippen molar-refractivity contribution in [1.29, 1.82) is 0 Å². The van der Waals surface area contributed by atoms with E-state index in [1.165, 1.54) is 6.07 Å². The summed E-state index contributed by atoms with van der Waals surface area (Å²) in [6.45, 7) is 0. The smallest absolute Gasteiger partial charge is 0.358 e. The minimum Gasteiger partial charge on any atom is -0.358 e. The van der Waals surface area contributed by atoms with Crippen molar-refractivity contribution in [3.63, 3.8) is 0 Å². The van der Waals surface area contributed by atoms with Gasteiger partial charge in [0.25, 0.3) is 0 Å². The van der Waals surface area contributed by atoms with E-state index in [0.717, 1.165) is 6.07 Å². The van der Waals surface area contributed by atoms with E-state index in [0.29, 0.717) is 0 Å². The van der Waals surface area contributed by atoms with E-state index in [9.17, 15) is 23.3 Å². The van der Waals surface area contributed by atoms with Crippen LogP contribution in [-0.4, -0.2) is 15.4 Å². The summed E-state index contributed by atoms with van der Waals surface area (Å²) in [4.78, 5) is 12.3. The van der Waals surface area contributed by atoms with Crippen LogP contribution in [0, 0.1) is 10.1 Å². The normalized spacial score (nSPS) is 11.5. The van der Waals surface area contributed by atoms with Gasteiger partial charge in [0, 0.05) is 15.9 Å². The van der Waals surface area contributed by atoms with Crippen LogP contribution in [0.5, 0.6) is 0 Å². The number of halogens is 4. The monoisotopic (exact) mass is 302 g/mol. The summed E-state index contributed by atoms with van der Waals surface area (Å²) in [5, 5.41) is 10.4. The predicted octanol–water partition coefficient (Wildman–Crippen LogP) is 3.36. The highest BCUT2D eigenvalue weighted by molar-refractivity contribution is 9.10. The molecule has 1 heterocycles. The summed E-state index contributed by atoms with van der Waals surface area (Å²) in [7, 11) is 0. The maximum Gasteiger partial charge on any atom is 0.446 e. The Hall–Kier alpha value is -0.830. The number of pyridine rings is 1. The zero-order valence-corrected chi connectivity index (χ0v) is 9.19. The van der Waals surface area contributed by atoms with Crippen molar-refractivity contribution in [2.75, 3.05) is 0 Å². The Balaban J connectivity index is 3.12. The number of aromatic nitrogens is 1. The Labute approximate surface area is 94.2 Å². The third-order valence-corrected chi connectivity index (χ3v) is 2.42. The molecule has 0 saturated carbocycles. The second-order valence-corrected chi connectivity index (χ2v) is 4.18. The van der Waals surface area contributed by atoms with E-state index >= 15 is 0 Å². The van der Waals surface area contributed by atoms with Crippen LogP contribution >= 0.6 is 27.7 Å². The molecule has 9 heteroatoms. The summed E-state index contributed by atoms with van der Waals surface area (Å²) in [6.07, 6.45) is 0. The molecule has 0 atom stereocenters. The van der Waals surface area contributed by atoms with Gasteiger partial charge >= 0.3 is 11.3 Å². The Bertz CT molecular complexity index is 398. The van der Waals surface area contributed by atoms with Crippen LogP contribution < -0.4 is 0 Å². The van der Waals surface area contributed by atoms with Gasteiger partial charge in [-0.25, -0.2) is 0 Å². The summed E-state index contributed by atoms with van der Waals surface area (Å²) in [5.41, 5.74) is -4.57. The van der Waals surface area contributed by atoms with Crippen LogP contribution in [0.1, 0.15) is 0 Å². The first-order chi connectivity index (χ1) is 6.79. The van der Waals surface area contributed by atoms with Gasteiger partial charge < -0.3 is 10.1 Å². The molecular weight excluding hydrogens is 301 g/mol. The number of thioether (sulfide) groups is 1. The summed E-state index contributed by atoms with van der Waals surface area (Å²) in [5.74, 6) is -0.813. The number of rotatable bonds is 2. The van der Waals surface area contributed by atoms with Crippen LogP contribution in [0.15, 0.2) is 21.6 Å². The minimum absolute atomic E-state index is 0.112. The van der Waals surface area contributed by atoms with Gasteiger partial charge in [0.1, 0.15) is 4.90 Å². The van der Waals surface area contributed by atoms with Crippen molar-refractivity contribution >= 4 is 33.5 Å². The average Bonchev–Trinajstić information content (AvgIpc) is 2.05. The SMILES string of the molecule is O=[N+]([O-])c1nc(Br)ccc1SC(F)(F)F. The lowest BCUT2D eigenvalue weighted by atomic mass is 10.5. The Morgan fingerprint density at radius 1 is 1.47 bits per heavy atom. The van der Waals surface area contributed by atoms with Crippen LogP contribution in [0.2, 0.25) is 0 Å². The minimum atomic E-state index is -4.57. The molecule has 0 amide bonds. The number of hydrogen-bond donors (Lipinski definition) is 0. The van der Waals surface area contributed by atoms with Crippen LogP contribution in [0.25, 0.3) is 0 Å². The van der Waals surface area contributed by atoms with Crippen LogP contribution in [0.3, 0.4) is 0 Å². The van der Waals surface area contributed by atoms with Gasteiger partial charge in [-0.15, -0.1) is 0 Å². The molecule has 15 heavy (non-hydrogen) atoms. The molecule has 0 aliphatic heterocycles. The molecule has 0 radical (unpaired) electrons. The molecule has 0 bridgehead atoms. The van der Waals surface area contributed by atoms with Crippen LogP contribution in [0.4, 0.5) is 19.0 Å². The van der Waals surface area contributed by atoms with E-state index in [2.05, 4.69) is 20.9 Å². The number of alkyl halides is 3. The number of nitrogens with zero attached hydrogens (tertiary/aromatic N) is 2. The first-order valence-corrected chi connectivity index (χ1v) is 4.97. The third-order valence-electron chi connectivity index (χ3n) is 1.20. The van der Waals surface area contributed by atoms with E-state index in [1.54, 1.807) is 0 Å². The Morgan fingerprint density at radius 2 is 2.07 bits per heavy atom. The lowest BCUT2D eigenvalue weighted by Crippen LogP contribution is -2.02. The molecule has 0 unspecified atom stereocenters. The number of hydrogen-bond acceptors (Lipinski definition) is 4. The summed E-state index contributed by atoms with van der Waals surface area (Å²) >= 11 is 2.28. The van der Waals surface area contributed by atoms with Gasteiger partial charge in [0.15, 0.2) is 0 Å². The van der Waals surface area contributed by atoms with Gasteiger partial charge in [-0.2, -0.15) is 13.2 Å². The second-order valence-electron chi connectivity index (χ2n) is 2.26. The fourth-order valence-corrected chi connectivity index (χ4v) is 1.64. The highest BCUT2D eigenvalue weighted by Crippen LogP contribution is 2.40. The molecule has 0 fully saturated rings. The van der Waals surface area contributed by atoms with E-state index in [-0.39, 0.29) is 4.60 Å². The lowest BCUT2D eigenvalue weighted by molar-refractivity contribution is -0.392. The van der Waals surface area contributed by atoms with Crippen molar-refractivity contribution in [2.24, 2.45) is 0 Å². The lowest BCUT2D eigenvalue weighted by Gasteiger charge is -2.05. The van der Waals surface area contributed by atoms with Crippen molar-refractivity contribution in [3.8, 4) is 0 Å². The molecule has 0 aliphatic carbocycles. The van der Waals surface area contributed by atoms with Crippen LogP contribution in [-0.2, 0) is 0 Å². The highest BCUT2D eigenvalue weighted by Gasteiger charge is 2.33. The van der Waals surface area contributed by atoms with Gasteiger partial charge in [-0.3, -0.25) is 0 Å². The molecule has 4 nitrogen and oxygen atoms in total. The maximum absolute atomic E-state index is 12.0. The van der Waals surface area contributed by atoms with E-state index in [1.807, 2.05) is 0 Å². The van der Waals surface area contributed by atoms with Crippen molar-refractivity contribution < 1.29 is 18.1 Å². The molecular formula is C6H2BrF3N2O2S. The molecule has 0 saturated heterocycles. The quantitative estimate of drug-likeness (QED) is 0.364. The summed E-state index contributed by atoms with van der Waals surface area (Å²) < 4.78 is 36.1. The van der Waals surface area contributed by atoms with Crippen molar-refractivity contribution in [3.05, 3.63) is 26.9 Å². The topological polar surface area (TPSA) is 56.0 Å². The molecule has 0 aliphatic rings. The molecule has 1 rings (SSSR count). The zero-order valence-electron chi connectivity index (χ0n) is 6.79. The largest absolute Gasteiger partial charge is 0.446 e. The first-order valence-electron chi connectivity index (χ1n) is 3.36. The molecule has 0 spiro atoms. The summed E-state index contributed by atoms with van der Waals surface area (Å²) in [6, 6.07) is 2.20. The molecule has 0 N–H and O–H groups in total. The van der Waals surface area contributed by atoms with Gasteiger partial charge in [-0.1, -0.05) is 0 Å². The second kappa shape index (κ2) is 4.35. The Morgan fingerprint density at radius 3 is 2.53 bits per heavy atom. The zero-order chi connectivity index (χ0) is 11.6. The van der Waals surface area contributed by atoms with E-state index in [4.69, 9.17) is 0 Å². The third kappa shape index (κ3) is 3.67. The van der Waals surface area contributed by atoms with Gasteiger partial charge in [-0.05, 0) is 33.8 Å². The van der Waals surface area contributed by atoms with Gasteiger partial charge in [0.2, 0.25) is 4.60 Å². The van der Waals surface area contributed by atoms with Gasteiger partial charge in [0.05, 0.1) is 0 Å². The maximum atomic E-state index is 12.0. The molecule has 1 aromatic heterocycles. The molecule has 82 valence electrons. The highest BCUT2D eigenvalue weighted by atomic mass is 79.9. The van der Waals surface area contributed by atoms with Crippen molar-refractivity contribution in [2.45, 2.75) is 10.4 Å². The molecule has 0 aromatic carbocycles. The molecule has 1 aromatic rings. The fraction of sp³-hybridized carbons (Fsp3) is 0.167. The average molecular weight is 303 g/mol. The fourth-order valence-electron chi connectivity index (χ4n) is 0.748. The number of nitro groups is 1. The van der Waals surface area contributed by atoms with Crippen molar-refractivity contribution in [1.82, 2.24) is 4.98 Å². The predicted molar refractivity (Wildman–Crippen MR) is 50.5 cm³/mol. The van der Waals surface area contributed by atoms with E-state index < -0.39 is 32.9 Å². The standard InChI is InChI=1S/C6H2BrF3N2O2S/c7-4-2-1-3(15-6(8,9)10)5(11-4)12(13)14/h1-2H.